The number of aromatic nitrogens is 3. The molecule has 5 N–H and O–H groups in total. The number of anilines is 3. The first-order valence-electron chi connectivity index (χ1n) is 8.48. The summed E-state index contributed by atoms with van der Waals surface area (Å²) in [6, 6.07) is 7.95. The molecule has 0 saturated heterocycles. The minimum atomic E-state index is -4.87. The van der Waals surface area contributed by atoms with Crippen LogP contribution in [-0.2, 0) is 16.2 Å². The fraction of sp³-hybridized carbons (Fsp3) is 0.118. The molecule has 1 aromatic carbocycles. The number of nitrogens with zero attached hydrogens (tertiary/aromatic N) is 2. The van der Waals surface area contributed by atoms with Crippen molar-refractivity contribution in [1.82, 2.24) is 15.2 Å². The lowest BCUT2D eigenvalue weighted by Crippen LogP contribution is -2.20. The number of H-pyrrole nitrogens is 1. The lowest BCUT2D eigenvalue weighted by molar-refractivity contribution is -0.141. The van der Waals surface area contributed by atoms with Crippen molar-refractivity contribution in [2.45, 2.75) is 11.9 Å². The van der Waals surface area contributed by atoms with E-state index in [1.807, 2.05) is 0 Å². The third kappa shape index (κ3) is 4.93. The minimum absolute atomic E-state index is 0.0183. The van der Waals surface area contributed by atoms with Gasteiger partial charge in [-0.05, 0) is 24.3 Å². The maximum atomic E-state index is 12.9. The van der Waals surface area contributed by atoms with Gasteiger partial charge < -0.3 is 11.1 Å². The average molecular weight is 476 g/mol. The lowest BCUT2D eigenvalue weighted by atomic mass is 10.1. The van der Waals surface area contributed by atoms with Crippen LogP contribution in [0, 0.1) is 0 Å². The fourth-order valence-electron chi connectivity index (χ4n) is 2.58. The number of carbonyl (C=O) groups excluding carboxylic acids is 1. The third-order valence-electron chi connectivity index (χ3n) is 3.96. The molecule has 1 amide bonds. The number of primary amides is 1. The van der Waals surface area contributed by atoms with E-state index in [0.29, 0.717) is 0 Å². The number of hydrogen-bond donors (Lipinski definition) is 4. The highest BCUT2D eigenvalue weighted by atomic mass is 32.2. The Morgan fingerprint density at radius 3 is 2.31 bits per heavy atom. The Kier molecular flexibility index (Phi) is 6.03. The second-order valence-electron chi connectivity index (χ2n) is 6.20. The van der Waals surface area contributed by atoms with Crippen LogP contribution in [0.25, 0.3) is 11.3 Å². The highest BCUT2D eigenvalue weighted by Crippen LogP contribution is 2.31. The number of amides is 1. The number of nitrogens with two attached hydrogens (primary N) is 1. The van der Waals surface area contributed by atoms with Gasteiger partial charge in [0.15, 0.2) is 0 Å². The molecule has 170 valence electrons. The maximum Gasteiger partial charge on any atom is 0.433 e. The van der Waals surface area contributed by atoms with Gasteiger partial charge in [0.05, 0.1) is 0 Å². The van der Waals surface area contributed by atoms with E-state index >= 15 is 0 Å². The highest BCUT2D eigenvalue weighted by Gasteiger charge is 2.32. The molecule has 32 heavy (non-hydrogen) atoms. The van der Waals surface area contributed by atoms with Crippen molar-refractivity contribution >= 4 is 33.3 Å². The summed E-state index contributed by atoms with van der Waals surface area (Å²) in [5.74, 6) is -4.99. The standard InChI is InChI=1S/C17H13F5N6O3S/c18-16(19)32(30,31)28-9-6-4-8(5-7-9)13-12(14(23)29)15(27-26-13)25-11-3-1-2-10(24-11)17(20,21)22/h1-7,16,28H,(H2,23,29)(H2,24,25,26,27). The van der Waals surface area contributed by atoms with Crippen LogP contribution in [0.4, 0.5) is 39.3 Å². The Bertz CT molecular complexity index is 1240. The molecule has 0 radical (unpaired) electrons. The molecule has 15 heteroatoms. The predicted octanol–water partition coefficient (Wildman–Crippen LogP) is 3.30. The van der Waals surface area contributed by atoms with Crippen molar-refractivity contribution in [2.24, 2.45) is 5.73 Å². The number of pyridine rings is 1. The van der Waals surface area contributed by atoms with Crippen LogP contribution in [-0.4, -0.2) is 35.3 Å². The number of alkyl halides is 5. The van der Waals surface area contributed by atoms with E-state index in [0.717, 1.165) is 24.3 Å². The zero-order chi connectivity index (χ0) is 23.7. The van der Waals surface area contributed by atoms with Gasteiger partial charge in [0.2, 0.25) is 0 Å². The van der Waals surface area contributed by atoms with Gasteiger partial charge in [0, 0.05) is 11.3 Å². The molecule has 0 spiro atoms. The van der Waals surface area contributed by atoms with Crippen molar-refractivity contribution in [2.75, 3.05) is 10.0 Å². The lowest BCUT2D eigenvalue weighted by Gasteiger charge is -2.09. The van der Waals surface area contributed by atoms with Gasteiger partial charge >= 0.3 is 11.9 Å². The summed E-state index contributed by atoms with van der Waals surface area (Å²) >= 11 is 0. The van der Waals surface area contributed by atoms with Crippen molar-refractivity contribution in [3.8, 4) is 11.3 Å². The summed E-state index contributed by atoms with van der Waals surface area (Å²) in [5, 5.41) is 8.85. The van der Waals surface area contributed by atoms with Gasteiger partial charge in [-0.3, -0.25) is 14.6 Å². The van der Waals surface area contributed by atoms with Crippen molar-refractivity contribution in [1.29, 1.82) is 0 Å². The Hall–Kier alpha value is -3.75. The van der Waals surface area contributed by atoms with Gasteiger partial charge in [0.1, 0.15) is 28.6 Å². The topological polar surface area (TPSA) is 143 Å². The summed E-state index contributed by atoms with van der Waals surface area (Å²) in [4.78, 5) is 15.4. The van der Waals surface area contributed by atoms with E-state index in [1.165, 1.54) is 18.2 Å². The quantitative estimate of drug-likeness (QED) is 0.386. The van der Waals surface area contributed by atoms with E-state index in [-0.39, 0.29) is 34.1 Å². The van der Waals surface area contributed by atoms with Crippen LogP contribution in [0.5, 0.6) is 0 Å². The molecule has 0 aliphatic carbocycles. The molecule has 0 aliphatic heterocycles. The average Bonchev–Trinajstić information content (AvgIpc) is 3.11. The summed E-state index contributed by atoms with van der Waals surface area (Å²) in [7, 11) is -4.87. The number of carbonyl (C=O) groups is 1. The number of hydrogen-bond acceptors (Lipinski definition) is 6. The number of sulfonamides is 1. The Morgan fingerprint density at radius 1 is 1.09 bits per heavy atom. The van der Waals surface area contributed by atoms with Crippen molar-refractivity contribution < 1.29 is 35.2 Å². The van der Waals surface area contributed by atoms with Gasteiger partial charge in [0.25, 0.3) is 15.9 Å². The van der Waals surface area contributed by atoms with Crippen LogP contribution in [0.15, 0.2) is 42.5 Å². The van der Waals surface area contributed by atoms with E-state index in [2.05, 4.69) is 20.5 Å². The number of benzene rings is 1. The molecule has 3 aromatic rings. The molecular formula is C17H13F5N6O3S. The predicted molar refractivity (Wildman–Crippen MR) is 104 cm³/mol. The molecule has 0 bridgehead atoms. The maximum absolute atomic E-state index is 12.9. The van der Waals surface area contributed by atoms with Gasteiger partial charge in [-0.2, -0.15) is 27.1 Å². The van der Waals surface area contributed by atoms with E-state index in [9.17, 15) is 35.2 Å². The highest BCUT2D eigenvalue weighted by molar-refractivity contribution is 7.93. The SMILES string of the molecule is NC(=O)c1c(-c2ccc(NS(=O)(=O)C(F)F)cc2)n[nH]c1Nc1cccc(C(F)(F)F)n1. The normalized spacial score (nSPS) is 12.1. The largest absolute Gasteiger partial charge is 0.433 e. The van der Waals surface area contributed by atoms with E-state index < -0.39 is 33.6 Å². The number of rotatable bonds is 7. The minimum Gasteiger partial charge on any atom is -0.365 e. The first kappa shape index (κ1) is 22.9. The summed E-state index contributed by atoms with van der Waals surface area (Å²) in [5.41, 5.74) is 4.05. The number of nitrogens with one attached hydrogen (secondary N) is 3. The third-order valence-corrected chi connectivity index (χ3v) is 4.95. The van der Waals surface area contributed by atoms with Crippen molar-refractivity contribution in [3.05, 3.63) is 53.7 Å². The molecule has 0 fully saturated rings. The Morgan fingerprint density at radius 2 is 1.75 bits per heavy atom. The Labute approximate surface area is 176 Å². The monoisotopic (exact) mass is 476 g/mol. The Balaban J connectivity index is 1.91. The van der Waals surface area contributed by atoms with Crippen LogP contribution in [0.2, 0.25) is 0 Å². The molecule has 0 atom stereocenters. The molecule has 0 saturated carbocycles. The zero-order valence-electron chi connectivity index (χ0n) is 15.6. The second-order valence-corrected chi connectivity index (χ2v) is 7.85. The van der Waals surface area contributed by atoms with Crippen molar-refractivity contribution in [3.63, 3.8) is 0 Å². The van der Waals surface area contributed by atoms with Gasteiger partial charge in [-0.15, -0.1) is 0 Å². The van der Waals surface area contributed by atoms with Crippen LogP contribution >= 0.6 is 0 Å². The smallest absolute Gasteiger partial charge is 0.365 e. The number of halogens is 5. The molecule has 2 aromatic heterocycles. The summed E-state index contributed by atoms with van der Waals surface area (Å²) < 4.78 is 87.6. The number of aromatic amines is 1. The van der Waals surface area contributed by atoms with E-state index in [1.54, 1.807) is 4.72 Å². The van der Waals surface area contributed by atoms with Gasteiger partial charge in [-0.25, -0.2) is 13.4 Å². The summed E-state index contributed by atoms with van der Waals surface area (Å²) in [6.45, 7) is 0. The molecule has 0 unspecified atom stereocenters. The van der Waals surface area contributed by atoms with Gasteiger partial charge in [-0.1, -0.05) is 18.2 Å². The zero-order valence-corrected chi connectivity index (χ0v) is 16.4. The summed E-state index contributed by atoms with van der Waals surface area (Å²) in [6.07, 6.45) is -4.68. The molecule has 9 nitrogen and oxygen atoms in total. The molecule has 0 aliphatic rings. The molecular weight excluding hydrogens is 463 g/mol. The van der Waals surface area contributed by atoms with E-state index in [4.69, 9.17) is 5.73 Å². The molecule has 2 heterocycles. The molecule has 3 rings (SSSR count). The first-order valence-corrected chi connectivity index (χ1v) is 10.0. The van der Waals surface area contributed by atoms with Crippen LogP contribution in [0.1, 0.15) is 16.1 Å². The first-order chi connectivity index (χ1) is 14.9. The second kappa shape index (κ2) is 8.41. The van der Waals surface area contributed by atoms with Crippen LogP contribution < -0.4 is 15.8 Å². The fourth-order valence-corrected chi connectivity index (χ4v) is 3.13. The van der Waals surface area contributed by atoms with Crippen LogP contribution in [0.3, 0.4) is 0 Å².